The van der Waals surface area contributed by atoms with Crippen LogP contribution < -0.4 is 0 Å². The number of hydrogen-bond donors (Lipinski definition) is 0. The highest BCUT2D eigenvalue weighted by Gasteiger charge is 2.23. The van der Waals surface area contributed by atoms with Gasteiger partial charge in [0.2, 0.25) is 0 Å². The molecule has 0 spiro atoms. The van der Waals surface area contributed by atoms with Crippen molar-refractivity contribution >= 4 is 120 Å². The van der Waals surface area contributed by atoms with E-state index in [0.29, 0.717) is 0 Å². The summed E-state index contributed by atoms with van der Waals surface area (Å²) in [7, 11) is 0. The topological polar surface area (TPSA) is 19.7 Å². The van der Waals surface area contributed by atoms with Crippen molar-refractivity contribution in [1.82, 2.24) is 18.3 Å². The predicted molar refractivity (Wildman–Crippen MR) is 475 cm³/mol. The maximum absolute atomic E-state index is 2.48. The fourth-order valence-electron chi connectivity index (χ4n) is 18.1. The Morgan fingerprint density at radius 2 is 0.446 bits per heavy atom. The Kier molecular flexibility index (Phi) is 15.2. The molecule has 0 atom stereocenters. The summed E-state index contributed by atoms with van der Waals surface area (Å²) in [6, 6.07) is 155. The molecule has 4 nitrogen and oxygen atoms in total. The van der Waals surface area contributed by atoms with Crippen LogP contribution in [-0.2, 0) is 0 Å². The van der Waals surface area contributed by atoms with Gasteiger partial charge in [0.1, 0.15) is 0 Å². The summed E-state index contributed by atoms with van der Waals surface area (Å²) in [5, 5.41) is 17.5. The molecule has 0 N–H and O–H groups in total. The fraction of sp³-hybridized carbons (Fsp3) is 0. The lowest BCUT2D eigenvalue weighted by Gasteiger charge is -2.17. The van der Waals surface area contributed by atoms with Gasteiger partial charge >= 0.3 is 0 Å². The minimum absolute atomic E-state index is 1.16. The molecule has 0 amide bonds. The number of hydrogen-bond acceptors (Lipinski definition) is 0. The molecule has 0 aliphatic rings. The van der Waals surface area contributed by atoms with Gasteiger partial charge < -0.3 is 18.3 Å². The van der Waals surface area contributed by atoms with Gasteiger partial charge in [0.25, 0.3) is 0 Å². The minimum atomic E-state index is 1.16. The van der Waals surface area contributed by atoms with E-state index in [1.165, 1.54) is 198 Å². The maximum Gasteiger partial charge on any atom is 0.0547 e. The molecule has 4 aromatic heterocycles. The molecule has 4 heterocycles. The van der Waals surface area contributed by atoms with Gasteiger partial charge in [-0.05, 0) is 191 Å². The monoisotopic (exact) mass is 1420 g/mol. The van der Waals surface area contributed by atoms with Gasteiger partial charge in [0.05, 0.1) is 55.5 Å². The van der Waals surface area contributed by atoms with E-state index < -0.39 is 0 Å². The van der Waals surface area contributed by atoms with E-state index in [2.05, 4.69) is 443 Å². The summed E-state index contributed by atoms with van der Waals surface area (Å²) in [6.07, 6.45) is 0. The van der Waals surface area contributed by atoms with Crippen LogP contribution in [0.25, 0.3) is 209 Å². The van der Waals surface area contributed by atoms with E-state index in [9.17, 15) is 0 Å². The molecule has 19 aromatic carbocycles. The molecule has 0 radical (unpaired) electrons. The average Bonchev–Trinajstić information content (AvgIpc) is 1.53. The molecular weight excluding hydrogens is 1350 g/mol. The lowest BCUT2D eigenvalue weighted by molar-refractivity contribution is 1.18. The zero-order chi connectivity index (χ0) is 73.7. The standard InChI is InChI=1S/C56H36N2.C52H34N2/c1-2-15-37(16-3-1)38-18-14-19-42(33-38)57-52-26-11-10-25-48(52)51-34-39(30-32-55(51)57)40-29-31-49-46-23-8-12-27-53(46)58(56(49)36-40)54-28-13-9-24-47(54)50-35-41-17-4-5-20-43(41)44-21-6-7-22-45(44)50;1-2-14-35(15-3-1)37-18-12-19-40(32-37)53-48-25-9-8-23-45(48)47-33-38(29-31-51(47)53)39-28-30-46-44-22-7-11-27-50(44)54(52(46)34-39)49-26-10-6-21-43(49)42-24-13-17-36-16-4-5-20-41(36)42/h1-36H;1-34H. The van der Waals surface area contributed by atoms with Crippen LogP contribution in [0.4, 0.5) is 0 Å². The lowest BCUT2D eigenvalue weighted by atomic mass is 9.92. The Bertz CT molecular complexity index is 7690. The molecule has 522 valence electrons. The van der Waals surface area contributed by atoms with Crippen LogP contribution in [0.5, 0.6) is 0 Å². The van der Waals surface area contributed by atoms with Crippen molar-refractivity contribution in [2.45, 2.75) is 0 Å². The van der Waals surface area contributed by atoms with Crippen molar-refractivity contribution in [2.75, 3.05) is 0 Å². The third kappa shape index (κ3) is 10.6. The molecule has 23 aromatic rings. The van der Waals surface area contributed by atoms with Crippen LogP contribution in [0.2, 0.25) is 0 Å². The third-order valence-corrected chi connectivity index (χ3v) is 23.2. The van der Waals surface area contributed by atoms with Gasteiger partial charge in [0, 0.05) is 65.6 Å². The van der Waals surface area contributed by atoms with Crippen molar-refractivity contribution in [3.8, 4) is 89.5 Å². The van der Waals surface area contributed by atoms with Crippen LogP contribution >= 0.6 is 0 Å². The summed E-state index contributed by atoms with van der Waals surface area (Å²) in [5.41, 5.74) is 28.8. The molecule has 0 unspecified atom stereocenters. The largest absolute Gasteiger partial charge is 0.309 e. The van der Waals surface area contributed by atoms with Crippen LogP contribution in [-0.4, -0.2) is 18.3 Å². The van der Waals surface area contributed by atoms with Crippen LogP contribution in [0.1, 0.15) is 0 Å². The smallest absolute Gasteiger partial charge is 0.0547 e. The zero-order valence-electron chi connectivity index (χ0n) is 61.2. The first-order chi connectivity index (χ1) is 55.6. The van der Waals surface area contributed by atoms with Gasteiger partial charge in [-0.3, -0.25) is 0 Å². The van der Waals surface area contributed by atoms with Crippen LogP contribution in [0, 0.1) is 0 Å². The average molecular weight is 1420 g/mol. The summed E-state index contributed by atoms with van der Waals surface area (Å²) < 4.78 is 9.77. The third-order valence-electron chi connectivity index (χ3n) is 23.2. The molecule has 0 aliphatic heterocycles. The van der Waals surface area contributed by atoms with Crippen molar-refractivity contribution in [1.29, 1.82) is 0 Å². The number of benzene rings is 19. The Balaban J connectivity index is 0.000000138. The highest BCUT2D eigenvalue weighted by molar-refractivity contribution is 6.18. The zero-order valence-corrected chi connectivity index (χ0v) is 61.2. The molecule has 0 saturated heterocycles. The molecule has 0 fully saturated rings. The summed E-state index contributed by atoms with van der Waals surface area (Å²) >= 11 is 0. The summed E-state index contributed by atoms with van der Waals surface area (Å²) in [5.74, 6) is 0. The van der Waals surface area contributed by atoms with E-state index >= 15 is 0 Å². The van der Waals surface area contributed by atoms with Crippen LogP contribution in [0.15, 0.2) is 425 Å². The quantitative estimate of drug-likeness (QED) is 0.122. The highest BCUT2D eigenvalue weighted by atomic mass is 15.0. The number of aromatic nitrogens is 4. The summed E-state index contributed by atoms with van der Waals surface area (Å²) in [4.78, 5) is 0. The van der Waals surface area contributed by atoms with Crippen molar-refractivity contribution < 1.29 is 0 Å². The normalized spacial score (nSPS) is 11.8. The predicted octanol–water partition coefficient (Wildman–Crippen LogP) is 29.2. The Labute approximate surface area is 647 Å². The first kappa shape index (κ1) is 64.3. The van der Waals surface area contributed by atoms with E-state index in [0.717, 1.165) is 11.4 Å². The minimum Gasteiger partial charge on any atom is -0.309 e. The number of fused-ring (bicyclic) bond motifs is 16. The van der Waals surface area contributed by atoms with Crippen molar-refractivity contribution in [3.05, 3.63) is 425 Å². The molecule has 23 rings (SSSR count). The Hall–Kier alpha value is -14.8. The molecule has 112 heavy (non-hydrogen) atoms. The van der Waals surface area contributed by atoms with Gasteiger partial charge in [-0.25, -0.2) is 0 Å². The lowest BCUT2D eigenvalue weighted by Crippen LogP contribution is -1.98. The van der Waals surface area contributed by atoms with E-state index in [1.54, 1.807) is 0 Å². The van der Waals surface area contributed by atoms with Crippen molar-refractivity contribution in [3.63, 3.8) is 0 Å². The van der Waals surface area contributed by atoms with E-state index in [-0.39, 0.29) is 0 Å². The number of rotatable bonds is 10. The second kappa shape index (κ2) is 26.5. The number of nitrogens with zero attached hydrogens (tertiary/aromatic N) is 4. The molecule has 0 aliphatic carbocycles. The Morgan fingerprint density at radius 3 is 0.964 bits per heavy atom. The molecular formula is C108H70N4. The molecule has 0 bridgehead atoms. The SMILES string of the molecule is c1ccc(-c2cccc(-n3c4ccccc4c4cc(-c5ccc6c7ccccc7n(-c7ccccc7-c7cc8ccccc8c8ccccc78)c6c5)ccc43)c2)cc1.c1ccc(-c2cccc(-n3c4ccccc4c4cc(-c5ccc6c7ccccc7n(-c7ccccc7-c7cccc8ccccc78)c6c5)ccc43)c2)cc1. The van der Waals surface area contributed by atoms with Crippen molar-refractivity contribution in [2.24, 2.45) is 0 Å². The molecule has 4 heteroatoms. The fourth-order valence-corrected chi connectivity index (χ4v) is 18.1. The second-order valence-electron chi connectivity index (χ2n) is 29.4. The first-order valence-electron chi connectivity index (χ1n) is 38.6. The summed E-state index contributed by atoms with van der Waals surface area (Å²) in [6.45, 7) is 0. The Morgan fingerprint density at radius 1 is 0.125 bits per heavy atom. The van der Waals surface area contributed by atoms with Gasteiger partial charge in [-0.1, -0.05) is 322 Å². The first-order valence-corrected chi connectivity index (χ1v) is 38.6. The van der Waals surface area contributed by atoms with E-state index in [4.69, 9.17) is 0 Å². The molecule has 0 saturated carbocycles. The maximum atomic E-state index is 2.48. The van der Waals surface area contributed by atoms with Gasteiger partial charge in [-0.2, -0.15) is 0 Å². The van der Waals surface area contributed by atoms with Gasteiger partial charge in [-0.15, -0.1) is 0 Å². The highest BCUT2D eigenvalue weighted by Crippen LogP contribution is 2.46. The number of para-hydroxylation sites is 6. The van der Waals surface area contributed by atoms with E-state index in [1.807, 2.05) is 0 Å². The van der Waals surface area contributed by atoms with Crippen LogP contribution in [0.3, 0.4) is 0 Å². The van der Waals surface area contributed by atoms with Gasteiger partial charge in [0.15, 0.2) is 0 Å². The second-order valence-corrected chi connectivity index (χ2v) is 29.4.